The first-order chi connectivity index (χ1) is 5.52. The summed E-state index contributed by atoms with van der Waals surface area (Å²) < 4.78 is 0.556. The van der Waals surface area contributed by atoms with Crippen LogP contribution in [0.1, 0.15) is 10.4 Å². The lowest BCUT2D eigenvalue weighted by Crippen LogP contribution is -1.90. The fourth-order valence-corrected chi connectivity index (χ4v) is 1.90. The zero-order valence-electron chi connectivity index (χ0n) is 5.57. The van der Waals surface area contributed by atoms with E-state index in [2.05, 4.69) is 15.9 Å². The molecule has 5 heteroatoms. The molecule has 1 aromatic carbocycles. The van der Waals surface area contributed by atoms with Crippen molar-refractivity contribution in [2.24, 2.45) is 0 Å². The van der Waals surface area contributed by atoms with Gasteiger partial charge in [0.25, 0.3) is 5.24 Å². The van der Waals surface area contributed by atoms with Gasteiger partial charge < -0.3 is 0 Å². The van der Waals surface area contributed by atoms with Gasteiger partial charge in [-0.05, 0) is 39.7 Å². The second-order valence-corrected chi connectivity index (χ2v) is 4.03. The molecule has 0 heterocycles. The van der Waals surface area contributed by atoms with Crippen molar-refractivity contribution >= 4 is 56.0 Å². The molecule has 0 aliphatic heterocycles. The number of hydrogen-bond acceptors (Lipinski definition) is 1. The summed E-state index contributed by atoms with van der Waals surface area (Å²) in [7, 11) is 0. The van der Waals surface area contributed by atoms with Crippen LogP contribution in [0.3, 0.4) is 0 Å². The summed E-state index contributed by atoms with van der Waals surface area (Å²) in [6.07, 6.45) is 0. The molecule has 0 saturated carbocycles. The van der Waals surface area contributed by atoms with Crippen molar-refractivity contribution in [1.29, 1.82) is 0 Å². The third kappa shape index (κ3) is 2.13. The largest absolute Gasteiger partial charge is 0.276 e. The fraction of sp³-hybridized carbons (Fsp3) is 0. The van der Waals surface area contributed by atoms with Gasteiger partial charge in [-0.3, -0.25) is 4.79 Å². The van der Waals surface area contributed by atoms with E-state index in [0.717, 1.165) is 0 Å². The molecule has 0 unspecified atom stereocenters. The Balaban J connectivity index is 3.37. The smallest absolute Gasteiger partial charge is 0.253 e. The van der Waals surface area contributed by atoms with Crippen molar-refractivity contribution in [3.05, 3.63) is 32.2 Å². The first kappa shape index (κ1) is 10.3. The average Bonchev–Trinajstić information content (AvgIpc) is 1.96. The highest BCUT2D eigenvalue weighted by molar-refractivity contribution is 9.10. The minimum absolute atomic E-state index is 0.206. The standard InChI is InChI=1S/C7H2BrCl3O/c8-5-2-3(9)1-4(6(5)10)7(11)12/h1-2H. The Morgan fingerprint density at radius 3 is 2.42 bits per heavy atom. The maximum atomic E-state index is 10.8. The van der Waals surface area contributed by atoms with Crippen molar-refractivity contribution in [3.8, 4) is 0 Å². The van der Waals surface area contributed by atoms with Crippen LogP contribution >= 0.6 is 50.7 Å². The van der Waals surface area contributed by atoms with Crippen molar-refractivity contribution in [1.82, 2.24) is 0 Å². The van der Waals surface area contributed by atoms with E-state index in [0.29, 0.717) is 9.50 Å². The number of halogens is 4. The Bertz CT molecular complexity index is 338. The molecule has 0 radical (unpaired) electrons. The van der Waals surface area contributed by atoms with Gasteiger partial charge in [0.05, 0.1) is 10.6 Å². The van der Waals surface area contributed by atoms with Gasteiger partial charge in [-0.2, -0.15) is 0 Å². The van der Waals surface area contributed by atoms with Crippen LogP contribution in [0.4, 0.5) is 0 Å². The molecule has 0 spiro atoms. The van der Waals surface area contributed by atoms with E-state index in [-0.39, 0.29) is 10.6 Å². The van der Waals surface area contributed by atoms with Gasteiger partial charge in [-0.25, -0.2) is 0 Å². The molecule has 0 fully saturated rings. The molecule has 0 saturated heterocycles. The zero-order chi connectivity index (χ0) is 9.30. The Morgan fingerprint density at radius 2 is 1.92 bits per heavy atom. The predicted octanol–water partition coefficient (Wildman–Crippen LogP) is 4.13. The second kappa shape index (κ2) is 3.97. The summed E-state index contributed by atoms with van der Waals surface area (Å²) in [5, 5.41) is 0.0675. The first-order valence-electron chi connectivity index (χ1n) is 2.86. The number of carbonyl (C=O) groups is 1. The second-order valence-electron chi connectivity index (χ2n) is 2.02. The lowest BCUT2D eigenvalue weighted by molar-refractivity contribution is 0.108. The highest BCUT2D eigenvalue weighted by Gasteiger charge is 2.11. The van der Waals surface area contributed by atoms with E-state index in [1.807, 2.05) is 0 Å². The molecule has 0 aromatic heterocycles. The zero-order valence-corrected chi connectivity index (χ0v) is 9.43. The number of rotatable bonds is 1. The summed E-state index contributed by atoms with van der Waals surface area (Å²) >= 11 is 19.8. The van der Waals surface area contributed by atoms with Crippen LogP contribution < -0.4 is 0 Å². The monoisotopic (exact) mass is 286 g/mol. The lowest BCUT2D eigenvalue weighted by Gasteiger charge is -2.01. The molecule has 1 rings (SSSR count). The topological polar surface area (TPSA) is 17.1 Å². The Kier molecular flexibility index (Phi) is 3.41. The molecule has 1 nitrogen and oxygen atoms in total. The van der Waals surface area contributed by atoms with Crippen LogP contribution in [0.15, 0.2) is 16.6 Å². The van der Waals surface area contributed by atoms with Crippen LogP contribution in [0.5, 0.6) is 0 Å². The average molecular weight is 288 g/mol. The van der Waals surface area contributed by atoms with E-state index in [1.54, 1.807) is 6.07 Å². The van der Waals surface area contributed by atoms with Crippen molar-refractivity contribution in [2.75, 3.05) is 0 Å². The number of benzene rings is 1. The third-order valence-electron chi connectivity index (χ3n) is 1.20. The van der Waals surface area contributed by atoms with Crippen LogP contribution in [0.2, 0.25) is 10.0 Å². The van der Waals surface area contributed by atoms with E-state index in [1.165, 1.54) is 6.07 Å². The van der Waals surface area contributed by atoms with E-state index >= 15 is 0 Å². The highest BCUT2D eigenvalue weighted by atomic mass is 79.9. The van der Waals surface area contributed by atoms with E-state index < -0.39 is 5.24 Å². The van der Waals surface area contributed by atoms with Gasteiger partial charge in [0.2, 0.25) is 0 Å². The van der Waals surface area contributed by atoms with Crippen molar-refractivity contribution in [2.45, 2.75) is 0 Å². The van der Waals surface area contributed by atoms with Crippen LogP contribution in [-0.4, -0.2) is 5.24 Å². The molecule has 12 heavy (non-hydrogen) atoms. The first-order valence-corrected chi connectivity index (χ1v) is 4.79. The number of hydrogen-bond donors (Lipinski definition) is 0. The minimum atomic E-state index is -0.622. The normalized spacial score (nSPS) is 10.0. The van der Waals surface area contributed by atoms with Gasteiger partial charge >= 0.3 is 0 Å². The van der Waals surface area contributed by atoms with Gasteiger partial charge in [-0.1, -0.05) is 23.2 Å². The molecule has 0 bridgehead atoms. The molecule has 1 aromatic rings. The molecule has 64 valence electrons. The summed E-state index contributed by atoms with van der Waals surface area (Å²) in [6, 6.07) is 3.01. The Morgan fingerprint density at radius 1 is 1.33 bits per heavy atom. The summed E-state index contributed by atoms with van der Waals surface area (Å²) in [5.41, 5.74) is 0.206. The lowest BCUT2D eigenvalue weighted by atomic mass is 10.2. The molecule has 0 N–H and O–H groups in total. The van der Waals surface area contributed by atoms with Crippen molar-refractivity contribution < 1.29 is 4.79 Å². The molecular weight excluding hydrogens is 286 g/mol. The summed E-state index contributed by atoms with van der Waals surface area (Å²) in [6.45, 7) is 0. The van der Waals surface area contributed by atoms with Crippen LogP contribution in [0, 0.1) is 0 Å². The summed E-state index contributed by atoms with van der Waals surface area (Å²) in [5.74, 6) is 0. The molecule has 0 aliphatic rings. The quantitative estimate of drug-likeness (QED) is 0.561. The predicted molar refractivity (Wildman–Crippen MR) is 54.3 cm³/mol. The molecule has 0 aliphatic carbocycles. The molecular formula is C7H2BrCl3O. The molecule has 0 amide bonds. The Labute approximate surface area is 92.7 Å². The van der Waals surface area contributed by atoms with Crippen LogP contribution in [0.25, 0.3) is 0 Å². The molecule has 0 atom stereocenters. The van der Waals surface area contributed by atoms with E-state index in [9.17, 15) is 4.79 Å². The highest BCUT2D eigenvalue weighted by Crippen LogP contribution is 2.30. The van der Waals surface area contributed by atoms with Gasteiger partial charge in [0, 0.05) is 9.50 Å². The Hall–Kier alpha value is 0.240. The fourth-order valence-electron chi connectivity index (χ4n) is 0.699. The summed E-state index contributed by atoms with van der Waals surface area (Å²) in [4.78, 5) is 10.8. The maximum absolute atomic E-state index is 10.8. The van der Waals surface area contributed by atoms with E-state index in [4.69, 9.17) is 34.8 Å². The minimum Gasteiger partial charge on any atom is -0.276 e. The van der Waals surface area contributed by atoms with Gasteiger partial charge in [-0.15, -0.1) is 0 Å². The third-order valence-corrected chi connectivity index (χ3v) is 2.89. The number of carbonyl (C=O) groups excluding carboxylic acids is 1. The van der Waals surface area contributed by atoms with Crippen molar-refractivity contribution in [3.63, 3.8) is 0 Å². The maximum Gasteiger partial charge on any atom is 0.253 e. The van der Waals surface area contributed by atoms with Gasteiger partial charge in [0.1, 0.15) is 0 Å². The SMILES string of the molecule is O=C(Cl)c1cc(Cl)cc(Br)c1Cl. The van der Waals surface area contributed by atoms with Crippen LogP contribution in [-0.2, 0) is 0 Å². The van der Waals surface area contributed by atoms with Gasteiger partial charge in [0.15, 0.2) is 0 Å².